The Kier molecular flexibility index (Phi) is 12.7. The maximum atomic E-state index is 9.39. The topological polar surface area (TPSA) is 60.0 Å². The molecule has 0 spiro atoms. The van der Waals surface area contributed by atoms with E-state index in [9.17, 15) is 5.11 Å². The molecule has 0 aromatic rings. The van der Waals surface area contributed by atoms with Crippen molar-refractivity contribution in [2.75, 3.05) is 53.3 Å². The van der Waals surface area contributed by atoms with E-state index in [0.717, 1.165) is 25.8 Å². The van der Waals surface area contributed by atoms with E-state index >= 15 is 0 Å². The SMILES string of the molecule is CCCNC(C)(CO)CCOCCCOCCOC. The monoisotopic (exact) mass is 277 g/mol. The van der Waals surface area contributed by atoms with Crippen LogP contribution in [0.1, 0.15) is 33.1 Å². The molecule has 0 saturated carbocycles. The van der Waals surface area contributed by atoms with Crippen molar-refractivity contribution >= 4 is 0 Å². The Morgan fingerprint density at radius 1 is 1.05 bits per heavy atom. The molecule has 5 nitrogen and oxygen atoms in total. The molecule has 0 rings (SSSR count). The molecule has 5 heteroatoms. The van der Waals surface area contributed by atoms with Crippen molar-refractivity contribution in [2.45, 2.75) is 38.6 Å². The van der Waals surface area contributed by atoms with Crippen molar-refractivity contribution in [3.63, 3.8) is 0 Å². The molecule has 0 aliphatic rings. The van der Waals surface area contributed by atoms with E-state index in [0.29, 0.717) is 33.0 Å². The zero-order valence-corrected chi connectivity index (χ0v) is 12.7. The number of rotatable bonds is 14. The summed E-state index contributed by atoms with van der Waals surface area (Å²) < 4.78 is 15.8. The summed E-state index contributed by atoms with van der Waals surface area (Å²) in [7, 11) is 1.66. The van der Waals surface area contributed by atoms with E-state index in [1.807, 2.05) is 6.92 Å². The third-order valence-corrected chi connectivity index (χ3v) is 2.96. The van der Waals surface area contributed by atoms with Gasteiger partial charge in [0, 0.05) is 32.5 Å². The normalized spacial score (nSPS) is 14.5. The van der Waals surface area contributed by atoms with Gasteiger partial charge in [-0.25, -0.2) is 0 Å². The molecule has 0 radical (unpaired) electrons. The van der Waals surface area contributed by atoms with Gasteiger partial charge in [-0.2, -0.15) is 0 Å². The summed E-state index contributed by atoms with van der Waals surface area (Å²) in [5.74, 6) is 0. The maximum absolute atomic E-state index is 9.39. The third kappa shape index (κ3) is 11.3. The summed E-state index contributed by atoms with van der Waals surface area (Å²) in [6.45, 7) is 8.54. The van der Waals surface area contributed by atoms with Crippen LogP contribution in [-0.2, 0) is 14.2 Å². The highest BCUT2D eigenvalue weighted by Crippen LogP contribution is 2.08. The zero-order valence-electron chi connectivity index (χ0n) is 12.7. The van der Waals surface area contributed by atoms with Gasteiger partial charge in [0.25, 0.3) is 0 Å². The number of hydrogen-bond donors (Lipinski definition) is 2. The Bertz CT molecular complexity index is 192. The van der Waals surface area contributed by atoms with E-state index in [-0.39, 0.29) is 12.1 Å². The smallest absolute Gasteiger partial charge is 0.0700 e. The van der Waals surface area contributed by atoms with E-state index in [1.165, 1.54) is 0 Å². The van der Waals surface area contributed by atoms with Gasteiger partial charge in [0.15, 0.2) is 0 Å². The molecule has 0 aliphatic carbocycles. The van der Waals surface area contributed by atoms with Crippen molar-refractivity contribution < 1.29 is 19.3 Å². The molecule has 1 unspecified atom stereocenters. The van der Waals surface area contributed by atoms with Gasteiger partial charge in [-0.05, 0) is 32.7 Å². The van der Waals surface area contributed by atoms with Crippen molar-refractivity contribution in [3.8, 4) is 0 Å². The Hall–Kier alpha value is -0.200. The van der Waals surface area contributed by atoms with Gasteiger partial charge in [0.05, 0.1) is 19.8 Å². The lowest BCUT2D eigenvalue weighted by Gasteiger charge is -2.28. The average Bonchev–Trinajstić information content (AvgIpc) is 2.43. The molecule has 1 atom stereocenters. The maximum Gasteiger partial charge on any atom is 0.0700 e. The van der Waals surface area contributed by atoms with Crippen LogP contribution < -0.4 is 5.32 Å². The molecular formula is C14H31NO4. The number of ether oxygens (including phenoxy) is 3. The molecule has 0 aliphatic heterocycles. The van der Waals surface area contributed by atoms with E-state index in [1.54, 1.807) is 7.11 Å². The van der Waals surface area contributed by atoms with Crippen LogP contribution in [0.5, 0.6) is 0 Å². The summed E-state index contributed by atoms with van der Waals surface area (Å²) in [4.78, 5) is 0. The van der Waals surface area contributed by atoms with Gasteiger partial charge in [-0.1, -0.05) is 6.92 Å². The standard InChI is InChI=1S/C14H31NO4/c1-4-7-15-14(2,13-16)6-10-18-8-5-9-19-12-11-17-3/h15-16H,4-13H2,1-3H3. The van der Waals surface area contributed by atoms with E-state index < -0.39 is 0 Å². The minimum atomic E-state index is -0.231. The Morgan fingerprint density at radius 3 is 2.32 bits per heavy atom. The zero-order chi connectivity index (χ0) is 14.4. The molecule has 2 N–H and O–H groups in total. The molecule has 19 heavy (non-hydrogen) atoms. The molecule has 0 heterocycles. The quantitative estimate of drug-likeness (QED) is 0.467. The van der Waals surface area contributed by atoms with Gasteiger partial charge in [0.2, 0.25) is 0 Å². The highest BCUT2D eigenvalue weighted by Gasteiger charge is 2.21. The second-order valence-corrected chi connectivity index (χ2v) is 4.97. The molecule has 116 valence electrons. The van der Waals surface area contributed by atoms with Crippen molar-refractivity contribution in [3.05, 3.63) is 0 Å². The van der Waals surface area contributed by atoms with Gasteiger partial charge >= 0.3 is 0 Å². The summed E-state index contributed by atoms with van der Waals surface area (Å²) >= 11 is 0. The van der Waals surface area contributed by atoms with Gasteiger partial charge in [-0.15, -0.1) is 0 Å². The second kappa shape index (κ2) is 12.8. The fourth-order valence-electron chi connectivity index (χ4n) is 1.56. The van der Waals surface area contributed by atoms with Crippen molar-refractivity contribution in [2.24, 2.45) is 0 Å². The fraction of sp³-hybridized carbons (Fsp3) is 1.00. The number of methoxy groups -OCH3 is 1. The highest BCUT2D eigenvalue weighted by atomic mass is 16.5. The first kappa shape index (κ1) is 18.8. The van der Waals surface area contributed by atoms with Gasteiger partial charge in [0.1, 0.15) is 0 Å². The first-order valence-corrected chi connectivity index (χ1v) is 7.19. The molecule has 0 saturated heterocycles. The van der Waals surface area contributed by atoms with Gasteiger partial charge < -0.3 is 24.6 Å². The first-order valence-electron chi connectivity index (χ1n) is 7.19. The minimum absolute atomic E-state index is 0.135. The lowest BCUT2D eigenvalue weighted by molar-refractivity contribution is 0.0444. The number of nitrogens with one attached hydrogen (secondary N) is 1. The molecule has 0 fully saturated rings. The molecule has 0 bridgehead atoms. The van der Waals surface area contributed by atoms with Crippen LogP contribution in [0.4, 0.5) is 0 Å². The number of aliphatic hydroxyl groups excluding tert-OH is 1. The van der Waals surface area contributed by atoms with E-state index in [2.05, 4.69) is 12.2 Å². The largest absolute Gasteiger partial charge is 0.394 e. The summed E-state index contributed by atoms with van der Waals surface area (Å²) in [6, 6.07) is 0. The van der Waals surface area contributed by atoms with Crippen LogP contribution in [0, 0.1) is 0 Å². The van der Waals surface area contributed by atoms with Crippen molar-refractivity contribution in [1.29, 1.82) is 0 Å². The Labute approximate surface area is 117 Å². The van der Waals surface area contributed by atoms with Crippen LogP contribution >= 0.6 is 0 Å². The summed E-state index contributed by atoms with van der Waals surface area (Å²) in [5, 5.41) is 12.7. The van der Waals surface area contributed by atoms with E-state index in [4.69, 9.17) is 14.2 Å². The number of hydrogen-bond acceptors (Lipinski definition) is 5. The third-order valence-electron chi connectivity index (χ3n) is 2.96. The molecule has 0 amide bonds. The summed E-state index contributed by atoms with van der Waals surface area (Å²) in [5.41, 5.74) is -0.231. The lowest BCUT2D eigenvalue weighted by atomic mass is 9.99. The van der Waals surface area contributed by atoms with Crippen LogP contribution in [0.2, 0.25) is 0 Å². The predicted octanol–water partition coefficient (Wildman–Crippen LogP) is 1.20. The average molecular weight is 277 g/mol. The Balaban J connectivity index is 3.40. The van der Waals surface area contributed by atoms with Crippen LogP contribution in [-0.4, -0.2) is 63.9 Å². The number of aliphatic hydroxyl groups is 1. The minimum Gasteiger partial charge on any atom is -0.394 e. The Morgan fingerprint density at radius 2 is 1.74 bits per heavy atom. The molecular weight excluding hydrogens is 246 g/mol. The second-order valence-electron chi connectivity index (χ2n) is 4.97. The van der Waals surface area contributed by atoms with Crippen LogP contribution in [0.3, 0.4) is 0 Å². The molecule has 0 aromatic heterocycles. The first-order chi connectivity index (χ1) is 9.18. The predicted molar refractivity (Wildman–Crippen MR) is 76.5 cm³/mol. The highest BCUT2D eigenvalue weighted by molar-refractivity contribution is 4.81. The molecule has 0 aromatic carbocycles. The van der Waals surface area contributed by atoms with Crippen LogP contribution in [0.15, 0.2) is 0 Å². The fourth-order valence-corrected chi connectivity index (χ4v) is 1.56. The summed E-state index contributed by atoms with van der Waals surface area (Å²) in [6.07, 6.45) is 2.77. The van der Waals surface area contributed by atoms with Gasteiger partial charge in [-0.3, -0.25) is 0 Å². The van der Waals surface area contributed by atoms with Crippen molar-refractivity contribution in [1.82, 2.24) is 5.32 Å². The lowest BCUT2D eigenvalue weighted by Crippen LogP contribution is -2.46. The van der Waals surface area contributed by atoms with Crippen LogP contribution in [0.25, 0.3) is 0 Å².